The Bertz CT molecular complexity index is 966. The monoisotopic (exact) mass is 418 g/mol. The summed E-state index contributed by atoms with van der Waals surface area (Å²) in [5.74, 6) is -3.31. The van der Waals surface area contributed by atoms with Gasteiger partial charge in [-0.3, -0.25) is 24.2 Å². The smallest absolute Gasteiger partial charge is 0.286 e. The molecule has 2 bridgehead atoms. The van der Waals surface area contributed by atoms with Gasteiger partial charge >= 0.3 is 12.1 Å². The number of allylic oxidation sites excluding steroid dienone is 2. The second-order valence-corrected chi connectivity index (χ2v) is 8.85. The van der Waals surface area contributed by atoms with Crippen molar-refractivity contribution in [2.24, 2.45) is 35.5 Å². The fourth-order valence-corrected chi connectivity index (χ4v) is 5.73. The Morgan fingerprint density at radius 1 is 1.07 bits per heavy atom. The summed E-state index contributed by atoms with van der Waals surface area (Å²) in [6.07, 6.45) is -0.135. The highest BCUT2D eigenvalue weighted by Gasteiger charge is 2.67. The standard InChI is InChI=1S/C22H21F3N2O3/c1-10-4-3-5-16(11(10)2)26(21(30)22(23,24)25)9-27-19(28)17-12-6-7-13(15-8-14(12)15)18(17)20(27)29/h3-7,12-15,17-18H,8-9H2,1-2H3/t12-,13-,14-,15+,17-,18-/m1/s1. The molecule has 1 aromatic carbocycles. The van der Waals surface area contributed by atoms with E-state index in [0.29, 0.717) is 27.9 Å². The molecular formula is C22H21F3N2O3. The molecule has 8 heteroatoms. The van der Waals surface area contributed by atoms with Gasteiger partial charge in [0.15, 0.2) is 0 Å². The van der Waals surface area contributed by atoms with Gasteiger partial charge in [-0.2, -0.15) is 13.2 Å². The predicted octanol–water partition coefficient (Wildman–Crippen LogP) is 3.21. The number of amides is 3. The molecule has 1 aliphatic heterocycles. The number of hydrogen-bond donors (Lipinski definition) is 0. The van der Waals surface area contributed by atoms with Crippen LogP contribution < -0.4 is 4.90 Å². The number of carbonyl (C=O) groups excluding carboxylic acids is 3. The van der Waals surface area contributed by atoms with Crippen molar-refractivity contribution in [1.29, 1.82) is 0 Å². The number of likely N-dealkylation sites (tertiary alicyclic amines) is 1. The van der Waals surface area contributed by atoms with Gasteiger partial charge in [-0.15, -0.1) is 0 Å². The van der Waals surface area contributed by atoms with Crippen molar-refractivity contribution in [3.8, 4) is 0 Å². The van der Waals surface area contributed by atoms with Crippen LogP contribution in [0.15, 0.2) is 30.4 Å². The molecule has 0 N–H and O–H groups in total. The van der Waals surface area contributed by atoms with Crippen LogP contribution in [0.5, 0.6) is 0 Å². The number of alkyl halides is 3. The Balaban J connectivity index is 1.50. The van der Waals surface area contributed by atoms with E-state index in [1.54, 1.807) is 26.0 Å². The number of halogens is 3. The number of hydrogen-bond acceptors (Lipinski definition) is 3. The van der Waals surface area contributed by atoms with Crippen molar-refractivity contribution in [1.82, 2.24) is 4.90 Å². The van der Waals surface area contributed by atoms with Gasteiger partial charge < -0.3 is 0 Å². The number of imide groups is 1. The van der Waals surface area contributed by atoms with Crippen LogP contribution in [0.2, 0.25) is 0 Å². The molecule has 0 radical (unpaired) electrons. The summed E-state index contributed by atoms with van der Waals surface area (Å²) >= 11 is 0. The summed E-state index contributed by atoms with van der Waals surface area (Å²) in [4.78, 5) is 40.0. The number of nitrogens with zero attached hydrogens (tertiary/aromatic N) is 2. The van der Waals surface area contributed by atoms with Crippen molar-refractivity contribution in [2.75, 3.05) is 11.6 Å². The van der Waals surface area contributed by atoms with Gasteiger partial charge in [0.1, 0.15) is 6.67 Å². The first-order valence-corrected chi connectivity index (χ1v) is 10.1. The molecule has 5 nitrogen and oxygen atoms in total. The SMILES string of the molecule is Cc1cccc(N(CN2C(=O)[C@@H]3[C@@H]4C=C[C@H]([C@@H]5C[C@H]45)[C@H]3C2=O)C(=O)C(F)(F)F)c1C. The molecule has 1 saturated heterocycles. The first kappa shape index (κ1) is 19.3. The van der Waals surface area contributed by atoms with E-state index in [2.05, 4.69) is 0 Å². The van der Waals surface area contributed by atoms with Crippen LogP contribution in [0.25, 0.3) is 0 Å². The Morgan fingerprint density at radius 3 is 2.17 bits per heavy atom. The summed E-state index contributed by atoms with van der Waals surface area (Å²) in [5.41, 5.74) is 1.26. The van der Waals surface area contributed by atoms with Gasteiger partial charge in [-0.1, -0.05) is 24.3 Å². The van der Waals surface area contributed by atoms with Gasteiger partial charge in [0.25, 0.3) is 0 Å². The summed E-state index contributed by atoms with van der Waals surface area (Å²) in [7, 11) is 0. The molecule has 2 saturated carbocycles. The second kappa shape index (κ2) is 6.18. The minimum Gasteiger partial charge on any atom is -0.286 e. The first-order valence-electron chi connectivity index (χ1n) is 10.1. The van der Waals surface area contributed by atoms with E-state index >= 15 is 0 Å². The number of aryl methyl sites for hydroxylation is 1. The topological polar surface area (TPSA) is 57.7 Å². The van der Waals surface area contributed by atoms with E-state index in [-0.39, 0.29) is 17.5 Å². The van der Waals surface area contributed by atoms with Crippen molar-refractivity contribution in [2.45, 2.75) is 26.4 Å². The minimum absolute atomic E-state index is 0.0288. The van der Waals surface area contributed by atoms with Gasteiger partial charge in [-0.05, 0) is 61.1 Å². The fraction of sp³-hybridized carbons (Fsp3) is 0.500. The van der Waals surface area contributed by atoms with Crippen LogP contribution in [-0.2, 0) is 14.4 Å². The molecule has 3 fully saturated rings. The Hall–Kier alpha value is -2.64. The maximum atomic E-state index is 13.4. The first-order chi connectivity index (χ1) is 14.1. The molecular weight excluding hydrogens is 397 g/mol. The zero-order valence-corrected chi connectivity index (χ0v) is 16.5. The lowest BCUT2D eigenvalue weighted by atomic mass is 9.63. The van der Waals surface area contributed by atoms with E-state index in [1.165, 1.54) is 6.07 Å². The normalized spacial score (nSPS) is 33.6. The highest BCUT2D eigenvalue weighted by Crippen LogP contribution is 2.65. The molecule has 6 atom stereocenters. The molecule has 158 valence electrons. The number of anilines is 1. The van der Waals surface area contributed by atoms with Gasteiger partial charge in [0, 0.05) is 5.69 Å². The van der Waals surface area contributed by atoms with Crippen LogP contribution in [-0.4, -0.2) is 35.5 Å². The molecule has 30 heavy (non-hydrogen) atoms. The van der Waals surface area contributed by atoms with Crippen LogP contribution in [0.4, 0.5) is 18.9 Å². The van der Waals surface area contributed by atoms with Crippen LogP contribution in [0, 0.1) is 49.4 Å². The molecule has 1 heterocycles. The summed E-state index contributed by atoms with van der Waals surface area (Å²) in [6, 6.07) is 4.69. The lowest BCUT2D eigenvalue weighted by molar-refractivity contribution is -0.171. The highest BCUT2D eigenvalue weighted by atomic mass is 19.4. The molecule has 0 spiro atoms. The third-order valence-corrected chi connectivity index (χ3v) is 7.39. The highest BCUT2D eigenvalue weighted by molar-refractivity contribution is 6.07. The third-order valence-electron chi connectivity index (χ3n) is 7.39. The van der Waals surface area contributed by atoms with Crippen molar-refractivity contribution in [3.05, 3.63) is 41.5 Å². The maximum Gasteiger partial charge on any atom is 0.471 e. The fourth-order valence-electron chi connectivity index (χ4n) is 5.73. The lowest BCUT2D eigenvalue weighted by Crippen LogP contribution is -2.49. The quantitative estimate of drug-likeness (QED) is 0.560. The van der Waals surface area contributed by atoms with Crippen LogP contribution in [0.3, 0.4) is 0 Å². The van der Waals surface area contributed by atoms with Crippen molar-refractivity contribution in [3.63, 3.8) is 0 Å². The predicted molar refractivity (Wildman–Crippen MR) is 101 cm³/mol. The van der Waals surface area contributed by atoms with Crippen molar-refractivity contribution >= 4 is 23.4 Å². The third kappa shape index (κ3) is 2.58. The molecule has 5 aliphatic rings. The van der Waals surface area contributed by atoms with Gasteiger partial charge in [-0.25, -0.2) is 0 Å². The average Bonchev–Trinajstić information content (AvgIpc) is 3.47. The Labute approximate surface area is 171 Å². The van der Waals surface area contributed by atoms with Gasteiger partial charge in [0.05, 0.1) is 11.8 Å². The minimum atomic E-state index is -5.13. The van der Waals surface area contributed by atoms with Gasteiger partial charge in [0.2, 0.25) is 11.8 Å². The molecule has 6 rings (SSSR count). The number of carbonyl (C=O) groups is 3. The maximum absolute atomic E-state index is 13.4. The number of benzene rings is 1. The molecule has 4 aliphatic carbocycles. The molecule has 0 aromatic heterocycles. The summed E-state index contributed by atoms with van der Waals surface area (Å²) in [5, 5.41) is 0. The van der Waals surface area contributed by atoms with E-state index in [4.69, 9.17) is 0 Å². The molecule has 3 amide bonds. The Morgan fingerprint density at radius 2 is 1.63 bits per heavy atom. The summed E-state index contributed by atoms with van der Waals surface area (Å²) in [6.45, 7) is 2.62. The van der Waals surface area contributed by atoms with E-state index in [0.717, 1.165) is 11.3 Å². The largest absolute Gasteiger partial charge is 0.471 e. The second-order valence-electron chi connectivity index (χ2n) is 8.85. The Kier molecular flexibility index (Phi) is 3.98. The molecule has 1 aromatic rings. The molecule has 0 unspecified atom stereocenters. The van der Waals surface area contributed by atoms with E-state index in [9.17, 15) is 27.6 Å². The lowest BCUT2D eigenvalue weighted by Gasteiger charge is -2.37. The zero-order chi connectivity index (χ0) is 21.5. The van der Waals surface area contributed by atoms with Crippen molar-refractivity contribution < 1.29 is 27.6 Å². The van der Waals surface area contributed by atoms with E-state index < -0.39 is 42.4 Å². The summed E-state index contributed by atoms with van der Waals surface area (Å²) < 4.78 is 40.1. The average molecular weight is 418 g/mol. The van der Waals surface area contributed by atoms with E-state index in [1.807, 2.05) is 12.2 Å². The van der Waals surface area contributed by atoms with Crippen LogP contribution in [0.1, 0.15) is 17.5 Å². The zero-order valence-electron chi connectivity index (χ0n) is 16.5. The van der Waals surface area contributed by atoms with Crippen LogP contribution >= 0.6 is 0 Å². The number of rotatable bonds is 3.